The minimum Gasteiger partial charge on any atom is -0.508 e. The number of anilines is 1. The van der Waals surface area contributed by atoms with E-state index < -0.39 is 5.69 Å². The summed E-state index contributed by atoms with van der Waals surface area (Å²) in [6.07, 6.45) is 0.288. The molecule has 0 unspecified atom stereocenters. The number of nitrogens with two attached hydrogens (primary N) is 1. The Kier molecular flexibility index (Phi) is 2.32. The number of phenols is 1. The first kappa shape index (κ1) is 10.2. The Labute approximate surface area is 90.4 Å². The Morgan fingerprint density at radius 2 is 2.00 bits per heavy atom. The number of aromatic hydroxyl groups is 2. The van der Waals surface area contributed by atoms with Crippen molar-refractivity contribution in [2.24, 2.45) is 0 Å². The second-order valence-corrected chi connectivity index (χ2v) is 3.47. The van der Waals surface area contributed by atoms with Crippen molar-refractivity contribution in [2.45, 2.75) is 6.42 Å². The molecule has 0 radical (unpaired) electrons. The van der Waals surface area contributed by atoms with Crippen molar-refractivity contribution in [3.63, 3.8) is 0 Å². The van der Waals surface area contributed by atoms with Crippen molar-refractivity contribution in [1.82, 2.24) is 9.97 Å². The summed E-state index contributed by atoms with van der Waals surface area (Å²) >= 11 is 0. The van der Waals surface area contributed by atoms with Crippen molar-refractivity contribution in [1.29, 1.82) is 0 Å². The molecular weight excluding hydrogens is 210 g/mol. The summed E-state index contributed by atoms with van der Waals surface area (Å²) < 4.78 is 0. The highest BCUT2D eigenvalue weighted by Crippen LogP contribution is 2.22. The average Bonchev–Trinajstić information content (AvgIpc) is 2.50. The Hall–Kier alpha value is -2.37. The minimum absolute atomic E-state index is 0.0769. The zero-order chi connectivity index (χ0) is 11.7. The van der Waals surface area contributed by atoms with Crippen LogP contribution in [0.2, 0.25) is 0 Å². The van der Waals surface area contributed by atoms with Crippen LogP contribution in [0.15, 0.2) is 23.0 Å². The van der Waals surface area contributed by atoms with Crippen LogP contribution in [0, 0.1) is 0 Å². The van der Waals surface area contributed by atoms with Gasteiger partial charge in [-0.3, -0.25) is 4.98 Å². The molecule has 0 spiro atoms. The number of phenolic OH excluding ortho intramolecular Hbond substituents is 1. The normalized spacial score (nSPS) is 10.5. The van der Waals surface area contributed by atoms with Gasteiger partial charge < -0.3 is 20.9 Å². The first-order chi connectivity index (χ1) is 7.56. The van der Waals surface area contributed by atoms with Gasteiger partial charge >= 0.3 is 5.69 Å². The third-order valence-corrected chi connectivity index (χ3v) is 2.28. The lowest BCUT2D eigenvalue weighted by atomic mass is 10.1. The SMILES string of the molecule is Nc1cc(O)ccc1Cc1[nH]c(=O)[nH]c1O. The molecule has 6 nitrogen and oxygen atoms in total. The number of hydrogen-bond acceptors (Lipinski definition) is 4. The topological polar surface area (TPSA) is 115 Å². The number of aromatic amines is 2. The third kappa shape index (κ3) is 1.85. The van der Waals surface area contributed by atoms with Gasteiger partial charge in [0.15, 0.2) is 0 Å². The summed E-state index contributed by atoms with van der Waals surface area (Å²) in [5.41, 5.74) is 6.69. The van der Waals surface area contributed by atoms with Gasteiger partial charge in [-0.05, 0) is 11.6 Å². The zero-order valence-corrected chi connectivity index (χ0v) is 8.32. The lowest BCUT2D eigenvalue weighted by Crippen LogP contribution is -2.02. The second-order valence-electron chi connectivity index (χ2n) is 3.47. The van der Waals surface area contributed by atoms with E-state index in [0.29, 0.717) is 16.9 Å². The Morgan fingerprint density at radius 1 is 1.25 bits per heavy atom. The molecule has 0 aliphatic carbocycles. The Bertz CT molecular complexity index is 571. The van der Waals surface area contributed by atoms with Crippen LogP contribution in [0.5, 0.6) is 11.6 Å². The molecule has 1 aromatic heterocycles. The number of aromatic nitrogens is 2. The van der Waals surface area contributed by atoms with Crippen LogP contribution in [0.1, 0.15) is 11.3 Å². The average molecular weight is 221 g/mol. The molecule has 16 heavy (non-hydrogen) atoms. The third-order valence-electron chi connectivity index (χ3n) is 2.28. The van der Waals surface area contributed by atoms with E-state index in [1.807, 2.05) is 0 Å². The fourth-order valence-corrected chi connectivity index (χ4v) is 1.47. The van der Waals surface area contributed by atoms with E-state index in [-0.39, 0.29) is 18.1 Å². The summed E-state index contributed by atoms with van der Waals surface area (Å²) in [6, 6.07) is 4.54. The highest BCUT2D eigenvalue weighted by Gasteiger charge is 2.08. The summed E-state index contributed by atoms with van der Waals surface area (Å²) in [6.45, 7) is 0. The molecular formula is C10H11N3O3. The van der Waals surface area contributed by atoms with E-state index in [1.54, 1.807) is 6.07 Å². The van der Waals surface area contributed by atoms with Crippen LogP contribution in [0.4, 0.5) is 5.69 Å². The van der Waals surface area contributed by atoms with Crippen LogP contribution >= 0.6 is 0 Å². The standard InChI is InChI=1S/C10H11N3O3/c11-7-4-6(14)2-1-5(7)3-8-9(15)13-10(16)12-8/h1-2,4,14-15H,3,11H2,(H2,12,13,16). The molecule has 0 aliphatic rings. The summed E-state index contributed by atoms with van der Waals surface area (Å²) in [5.74, 6) is -0.120. The monoisotopic (exact) mass is 221 g/mol. The van der Waals surface area contributed by atoms with Gasteiger partial charge in [-0.1, -0.05) is 6.07 Å². The lowest BCUT2D eigenvalue weighted by molar-refractivity contribution is 0.450. The van der Waals surface area contributed by atoms with Crippen LogP contribution in [0.3, 0.4) is 0 Å². The van der Waals surface area contributed by atoms with E-state index in [1.165, 1.54) is 12.1 Å². The predicted molar refractivity (Wildman–Crippen MR) is 58.4 cm³/mol. The summed E-state index contributed by atoms with van der Waals surface area (Å²) in [4.78, 5) is 15.6. The number of nitrogen functional groups attached to an aromatic ring is 1. The number of nitrogens with one attached hydrogen (secondary N) is 2. The number of H-pyrrole nitrogens is 2. The molecule has 0 fully saturated rings. The molecule has 2 rings (SSSR count). The second kappa shape index (κ2) is 3.65. The van der Waals surface area contributed by atoms with Crippen molar-refractivity contribution in [3.05, 3.63) is 39.9 Å². The molecule has 0 saturated carbocycles. The zero-order valence-electron chi connectivity index (χ0n) is 8.32. The number of benzene rings is 1. The van der Waals surface area contributed by atoms with Crippen molar-refractivity contribution < 1.29 is 10.2 Å². The molecule has 1 heterocycles. The summed E-state index contributed by atoms with van der Waals surface area (Å²) in [5, 5.41) is 18.5. The Morgan fingerprint density at radius 3 is 2.56 bits per heavy atom. The molecule has 6 N–H and O–H groups in total. The van der Waals surface area contributed by atoms with Gasteiger partial charge in [-0.25, -0.2) is 4.79 Å². The number of imidazole rings is 1. The fourth-order valence-electron chi connectivity index (χ4n) is 1.47. The molecule has 0 bridgehead atoms. The number of rotatable bonds is 2. The first-order valence-corrected chi connectivity index (χ1v) is 4.64. The van der Waals surface area contributed by atoms with Crippen LogP contribution in [0.25, 0.3) is 0 Å². The molecule has 1 aromatic carbocycles. The molecule has 0 amide bonds. The van der Waals surface area contributed by atoms with Gasteiger partial charge in [0, 0.05) is 18.2 Å². The van der Waals surface area contributed by atoms with Crippen molar-refractivity contribution in [3.8, 4) is 11.6 Å². The molecule has 0 saturated heterocycles. The molecule has 84 valence electrons. The van der Waals surface area contributed by atoms with E-state index in [9.17, 15) is 9.90 Å². The van der Waals surface area contributed by atoms with Crippen LogP contribution < -0.4 is 11.4 Å². The fraction of sp³-hybridized carbons (Fsp3) is 0.100. The van der Waals surface area contributed by atoms with Crippen LogP contribution in [-0.2, 0) is 6.42 Å². The summed E-state index contributed by atoms with van der Waals surface area (Å²) in [7, 11) is 0. The van der Waals surface area contributed by atoms with Gasteiger partial charge in [0.1, 0.15) is 5.75 Å². The smallest absolute Gasteiger partial charge is 0.325 e. The van der Waals surface area contributed by atoms with Crippen LogP contribution in [-0.4, -0.2) is 20.2 Å². The minimum atomic E-state index is -0.468. The maximum Gasteiger partial charge on any atom is 0.325 e. The van der Waals surface area contributed by atoms with Gasteiger partial charge in [-0.2, -0.15) is 0 Å². The molecule has 6 heteroatoms. The highest BCUT2D eigenvalue weighted by molar-refractivity contribution is 5.52. The largest absolute Gasteiger partial charge is 0.508 e. The van der Waals surface area contributed by atoms with Gasteiger partial charge in [0.2, 0.25) is 5.88 Å². The van der Waals surface area contributed by atoms with Gasteiger partial charge in [0.25, 0.3) is 0 Å². The predicted octanol–water partition coefficient (Wildman–Crippen LogP) is 0.287. The van der Waals surface area contributed by atoms with E-state index in [2.05, 4.69) is 9.97 Å². The molecule has 2 aromatic rings. The Balaban J connectivity index is 2.34. The van der Waals surface area contributed by atoms with E-state index >= 15 is 0 Å². The highest BCUT2D eigenvalue weighted by atomic mass is 16.3. The quantitative estimate of drug-likeness (QED) is 0.468. The van der Waals surface area contributed by atoms with E-state index in [0.717, 1.165) is 0 Å². The van der Waals surface area contributed by atoms with E-state index in [4.69, 9.17) is 10.8 Å². The number of hydrogen-bond donors (Lipinski definition) is 5. The van der Waals surface area contributed by atoms with Crippen molar-refractivity contribution in [2.75, 3.05) is 5.73 Å². The lowest BCUT2D eigenvalue weighted by Gasteiger charge is -2.04. The van der Waals surface area contributed by atoms with Crippen molar-refractivity contribution >= 4 is 5.69 Å². The van der Waals surface area contributed by atoms with Gasteiger partial charge in [0.05, 0.1) is 5.69 Å². The first-order valence-electron chi connectivity index (χ1n) is 4.64. The molecule has 0 aliphatic heterocycles. The van der Waals surface area contributed by atoms with Gasteiger partial charge in [-0.15, -0.1) is 0 Å². The maximum absolute atomic E-state index is 10.9. The maximum atomic E-state index is 10.9. The molecule has 0 atom stereocenters.